The van der Waals surface area contributed by atoms with E-state index in [0.717, 1.165) is 5.56 Å². The highest BCUT2D eigenvalue weighted by molar-refractivity contribution is 6.01. The molecule has 3 aromatic rings. The molecule has 0 fully saturated rings. The summed E-state index contributed by atoms with van der Waals surface area (Å²) in [6, 6.07) is 13.2. The van der Waals surface area contributed by atoms with E-state index >= 15 is 0 Å². The summed E-state index contributed by atoms with van der Waals surface area (Å²) < 4.78 is 18.4. The Morgan fingerprint density at radius 2 is 1.72 bits per heavy atom. The van der Waals surface area contributed by atoms with Crippen LogP contribution in [0, 0.1) is 5.82 Å². The Bertz CT molecular complexity index is 896. The number of benzene rings is 2. The molecule has 0 radical (unpaired) electrons. The van der Waals surface area contributed by atoms with Gasteiger partial charge in [0.2, 0.25) is 5.89 Å². The predicted octanol–water partition coefficient (Wildman–Crippen LogP) is 4.43. The van der Waals surface area contributed by atoms with Gasteiger partial charge in [-0.15, -0.1) is 10.2 Å². The fourth-order valence-corrected chi connectivity index (χ4v) is 2.45. The molecule has 2 aromatic carbocycles. The van der Waals surface area contributed by atoms with Crippen LogP contribution in [0.15, 0.2) is 52.9 Å². The molecule has 0 aliphatic heterocycles. The Hall–Kier alpha value is -3.02. The molecule has 0 bridgehead atoms. The highest BCUT2D eigenvalue weighted by atomic mass is 19.1. The molecule has 0 saturated carbocycles. The van der Waals surface area contributed by atoms with Gasteiger partial charge in [0.25, 0.3) is 0 Å². The second-order valence-corrected chi connectivity index (χ2v) is 6.67. The number of carbonyl (C=O) groups excluding carboxylic acids is 1. The summed E-state index contributed by atoms with van der Waals surface area (Å²) in [4.78, 5) is 12.4. The van der Waals surface area contributed by atoms with Gasteiger partial charge >= 0.3 is 11.8 Å². The van der Waals surface area contributed by atoms with E-state index in [1.165, 1.54) is 24.3 Å². The molecule has 6 heteroatoms. The smallest absolute Gasteiger partial charge is 0.313 e. The predicted molar refractivity (Wildman–Crippen MR) is 92.8 cm³/mol. The maximum absolute atomic E-state index is 13.0. The van der Waals surface area contributed by atoms with Crippen molar-refractivity contribution in [3.8, 4) is 11.5 Å². The lowest BCUT2D eigenvalue weighted by Gasteiger charge is -2.22. The third-order valence-corrected chi connectivity index (χ3v) is 3.69. The fourth-order valence-electron chi connectivity index (χ4n) is 2.45. The Morgan fingerprint density at radius 1 is 1.04 bits per heavy atom. The van der Waals surface area contributed by atoms with Crippen molar-refractivity contribution in [1.82, 2.24) is 10.2 Å². The number of nitrogens with zero attached hydrogens (tertiary/aromatic N) is 2. The average molecular weight is 339 g/mol. The summed E-state index contributed by atoms with van der Waals surface area (Å²) in [5.74, 6) is -0.838. The quantitative estimate of drug-likeness (QED) is 0.767. The van der Waals surface area contributed by atoms with Crippen molar-refractivity contribution >= 4 is 11.6 Å². The van der Waals surface area contributed by atoms with Gasteiger partial charge in [-0.1, -0.05) is 39.0 Å². The molecule has 1 N–H and O–H groups in total. The zero-order chi connectivity index (χ0) is 18.0. The lowest BCUT2D eigenvalue weighted by Crippen LogP contribution is -2.18. The number of amides is 1. The van der Waals surface area contributed by atoms with Crippen molar-refractivity contribution in [2.75, 3.05) is 5.32 Å². The van der Waals surface area contributed by atoms with Gasteiger partial charge in [-0.2, -0.15) is 0 Å². The molecule has 0 unspecified atom stereocenters. The van der Waals surface area contributed by atoms with Gasteiger partial charge in [-0.05, 0) is 41.3 Å². The van der Waals surface area contributed by atoms with E-state index in [2.05, 4.69) is 36.3 Å². The third-order valence-electron chi connectivity index (χ3n) is 3.69. The van der Waals surface area contributed by atoms with Gasteiger partial charge in [0.1, 0.15) is 5.82 Å². The monoisotopic (exact) mass is 339 g/mol. The first kappa shape index (κ1) is 16.8. The summed E-state index contributed by atoms with van der Waals surface area (Å²) in [7, 11) is 0. The van der Waals surface area contributed by atoms with Crippen molar-refractivity contribution < 1.29 is 13.6 Å². The van der Waals surface area contributed by atoms with Crippen LogP contribution in [0.2, 0.25) is 0 Å². The summed E-state index contributed by atoms with van der Waals surface area (Å²) in [6.45, 7) is 6.20. The molecule has 25 heavy (non-hydrogen) atoms. The number of hydrogen-bond acceptors (Lipinski definition) is 4. The SMILES string of the molecule is CC(C)(C)c1ccccc1NC(=O)c1nnc(-c2ccc(F)cc2)o1. The molecule has 0 atom stereocenters. The molecular weight excluding hydrogens is 321 g/mol. The molecule has 1 aromatic heterocycles. The highest BCUT2D eigenvalue weighted by Crippen LogP contribution is 2.29. The van der Waals surface area contributed by atoms with Crippen LogP contribution in [0.25, 0.3) is 11.5 Å². The Morgan fingerprint density at radius 3 is 2.40 bits per heavy atom. The maximum Gasteiger partial charge on any atom is 0.313 e. The number of hydrogen-bond donors (Lipinski definition) is 1. The van der Waals surface area contributed by atoms with Crippen LogP contribution < -0.4 is 5.32 Å². The Balaban J connectivity index is 1.83. The zero-order valence-corrected chi connectivity index (χ0v) is 14.2. The van der Waals surface area contributed by atoms with E-state index in [4.69, 9.17) is 4.42 Å². The summed E-state index contributed by atoms with van der Waals surface area (Å²) in [5.41, 5.74) is 2.11. The minimum Gasteiger partial charge on any atom is -0.412 e. The minimum atomic E-state index is -0.488. The molecule has 1 amide bonds. The normalized spacial score (nSPS) is 11.4. The molecule has 0 spiro atoms. The van der Waals surface area contributed by atoms with Crippen molar-refractivity contribution in [2.45, 2.75) is 26.2 Å². The first-order valence-electron chi connectivity index (χ1n) is 7.85. The largest absolute Gasteiger partial charge is 0.412 e. The van der Waals surface area contributed by atoms with Gasteiger partial charge in [-0.25, -0.2) is 4.39 Å². The van der Waals surface area contributed by atoms with E-state index in [0.29, 0.717) is 11.3 Å². The van der Waals surface area contributed by atoms with Crippen LogP contribution in [0.4, 0.5) is 10.1 Å². The van der Waals surface area contributed by atoms with E-state index in [-0.39, 0.29) is 23.0 Å². The molecule has 5 nitrogen and oxygen atoms in total. The summed E-state index contributed by atoms with van der Waals surface area (Å²) in [6.07, 6.45) is 0. The van der Waals surface area contributed by atoms with Crippen LogP contribution in [-0.4, -0.2) is 16.1 Å². The zero-order valence-electron chi connectivity index (χ0n) is 14.2. The van der Waals surface area contributed by atoms with Gasteiger partial charge in [0, 0.05) is 11.3 Å². The van der Waals surface area contributed by atoms with E-state index in [9.17, 15) is 9.18 Å². The van der Waals surface area contributed by atoms with Crippen molar-refractivity contribution in [3.05, 3.63) is 65.8 Å². The number of rotatable bonds is 3. The topological polar surface area (TPSA) is 68.0 Å². The molecule has 0 saturated heterocycles. The average Bonchev–Trinajstić information content (AvgIpc) is 3.05. The number of anilines is 1. The van der Waals surface area contributed by atoms with Gasteiger partial charge in [-0.3, -0.25) is 4.79 Å². The number of nitrogens with one attached hydrogen (secondary N) is 1. The highest BCUT2D eigenvalue weighted by Gasteiger charge is 2.21. The second-order valence-electron chi connectivity index (χ2n) is 6.67. The lowest BCUT2D eigenvalue weighted by molar-refractivity contribution is 0.0990. The first-order chi connectivity index (χ1) is 11.8. The standard InChI is InChI=1S/C19H18FN3O2/c1-19(2,3)14-6-4-5-7-15(14)21-16(24)18-23-22-17(25-18)12-8-10-13(20)11-9-12/h4-11H,1-3H3,(H,21,24). The molecule has 3 rings (SSSR count). The van der Waals surface area contributed by atoms with Gasteiger partial charge in [0.15, 0.2) is 0 Å². The minimum absolute atomic E-state index is 0.127. The number of halogens is 1. The Labute approximate surface area is 144 Å². The van der Waals surface area contributed by atoms with Crippen molar-refractivity contribution in [1.29, 1.82) is 0 Å². The third kappa shape index (κ3) is 3.74. The first-order valence-corrected chi connectivity index (χ1v) is 7.85. The van der Waals surface area contributed by atoms with Crippen LogP contribution in [0.5, 0.6) is 0 Å². The number of carbonyl (C=O) groups is 1. The fraction of sp³-hybridized carbons (Fsp3) is 0.211. The maximum atomic E-state index is 13.0. The van der Waals surface area contributed by atoms with Crippen molar-refractivity contribution in [2.24, 2.45) is 0 Å². The van der Waals surface area contributed by atoms with Crippen LogP contribution in [0.1, 0.15) is 37.0 Å². The van der Waals surface area contributed by atoms with Crippen LogP contribution >= 0.6 is 0 Å². The summed E-state index contributed by atoms with van der Waals surface area (Å²) >= 11 is 0. The van der Waals surface area contributed by atoms with Crippen LogP contribution in [-0.2, 0) is 5.41 Å². The molecular formula is C19H18FN3O2. The van der Waals surface area contributed by atoms with Crippen molar-refractivity contribution in [3.63, 3.8) is 0 Å². The molecule has 0 aliphatic carbocycles. The summed E-state index contributed by atoms with van der Waals surface area (Å²) in [5, 5.41) is 10.4. The van der Waals surface area contributed by atoms with Crippen LogP contribution in [0.3, 0.4) is 0 Å². The van der Waals surface area contributed by atoms with E-state index in [1.54, 1.807) is 0 Å². The molecule has 1 heterocycles. The Kier molecular flexibility index (Phi) is 4.35. The molecule has 128 valence electrons. The second kappa shape index (κ2) is 6.47. The van der Waals surface area contributed by atoms with Gasteiger partial charge in [0.05, 0.1) is 0 Å². The molecule has 0 aliphatic rings. The lowest BCUT2D eigenvalue weighted by atomic mass is 9.86. The van der Waals surface area contributed by atoms with Gasteiger partial charge < -0.3 is 9.73 Å². The van der Waals surface area contributed by atoms with E-state index in [1.807, 2.05) is 24.3 Å². The number of para-hydroxylation sites is 1. The van der Waals surface area contributed by atoms with E-state index < -0.39 is 5.91 Å². The number of aromatic nitrogens is 2.